The molecule has 5 nitrogen and oxygen atoms in total. The number of carboxylic acid groups (broad SMARTS) is 1. The van der Waals surface area contributed by atoms with E-state index in [1.807, 2.05) is 0 Å². The summed E-state index contributed by atoms with van der Waals surface area (Å²) >= 11 is 17.7. The van der Waals surface area contributed by atoms with Crippen LogP contribution in [0.2, 0.25) is 15.1 Å². The van der Waals surface area contributed by atoms with E-state index in [1.165, 1.54) is 37.4 Å². The van der Waals surface area contributed by atoms with Gasteiger partial charge >= 0.3 is 5.97 Å². The first kappa shape index (κ1) is 17.4. The van der Waals surface area contributed by atoms with E-state index in [0.29, 0.717) is 5.02 Å². The number of anilines is 1. The first-order chi connectivity index (χ1) is 10.8. The summed E-state index contributed by atoms with van der Waals surface area (Å²) in [5.74, 6) is -1.59. The van der Waals surface area contributed by atoms with Gasteiger partial charge in [0, 0.05) is 5.02 Å². The minimum absolute atomic E-state index is 0.0601. The summed E-state index contributed by atoms with van der Waals surface area (Å²) in [6, 6.07) is 6.87. The summed E-state index contributed by atoms with van der Waals surface area (Å²) in [7, 11) is 1.35. The Morgan fingerprint density at radius 1 is 1.09 bits per heavy atom. The molecule has 2 aromatic rings. The summed E-state index contributed by atoms with van der Waals surface area (Å²) in [5, 5.41) is 12.2. The molecule has 2 aromatic carbocycles. The second-order valence-corrected chi connectivity index (χ2v) is 5.67. The summed E-state index contributed by atoms with van der Waals surface area (Å²) < 4.78 is 5.10. The van der Waals surface area contributed by atoms with Crippen LogP contribution >= 0.6 is 34.8 Å². The van der Waals surface area contributed by atoms with Gasteiger partial charge in [-0.25, -0.2) is 4.79 Å². The second kappa shape index (κ2) is 7.08. The Kier molecular flexibility index (Phi) is 5.36. The van der Waals surface area contributed by atoms with E-state index in [2.05, 4.69) is 5.32 Å². The number of carbonyl (C=O) groups is 2. The lowest BCUT2D eigenvalue weighted by atomic mass is 10.1. The van der Waals surface area contributed by atoms with E-state index in [-0.39, 0.29) is 32.6 Å². The van der Waals surface area contributed by atoms with Gasteiger partial charge in [0.1, 0.15) is 0 Å². The Morgan fingerprint density at radius 2 is 1.78 bits per heavy atom. The maximum atomic E-state index is 12.3. The number of nitrogens with one attached hydrogen (secondary N) is 1. The number of hydrogen-bond acceptors (Lipinski definition) is 3. The van der Waals surface area contributed by atoms with E-state index in [9.17, 15) is 9.59 Å². The van der Waals surface area contributed by atoms with Gasteiger partial charge < -0.3 is 15.2 Å². The SMILES string of the molecule is COc1c(Cl)cc(C(=O)O)cc1NC(=O)c1ccc(Cl)cc1Cl. The molecule has 0 spiro atoms. The molecule has 0 fully saturated rings. The van der Waals surface area contributed by atoms with Crippen LogP contribution in [0.5, 0.6) is 5.75 Å². The van der Waals surface area contributed by atoms with E-state index in [1.54, 1.807) is 0 Å². The zero-order valence-corrected chi connectivity index (χ0v) is 14.0. The van der Waals surface area contributed by atoms with Crippen LogP contribution in [0.25, 0.3) is 0 Å². The van der Waals surface area contributed by atoms with Crippen LogP contribution in [0.4, 0.5) is 5.69 Å². The lowest BCUT2D eigenvalue weighted by Crippen LogP contribution is -2.14. The van der Waals surface area contributed by atoms with Crippen molar-refractivity contribution in [1.29, 1.82) is 0 Å². The highest BCUT2D eigenvalue weighted by Gasteiger charge is 2.18. The fourth-order valence-electron chi connectivity index (χ4n) is 1.88. The monoisotopic (exact) mass is 373 g/mol. The average Bonchev–Trinajstić information content (AvgIpc) is 2.46. The summed E-state index contributed by atoms with van der Waals surface area (Å²) in [4.78, 5) is 23.4. The number of aromatic carboxylic acids is 1. The molecule has 23 heavy (non-hydrogen) atoms. The lowest BCUT2D eigenvalue weighted by molar-refractivity contribution is 0.0696. The Balaban J connectivity index is 2.42. The third-order valence-electron chi connectivity index (χ3n) is 2.92. The molecular weight excluding hydrogens is 365 g/mol. The van der Waals surface area contributed by atoms with Crippen LogP contribution in [0.1, 0.15) is 20.7 Å². The number of carbonyl (C=O) groups excluding carboxylic acids is 1. The van der Waals surface area contributed by atoms with E-state index in [0.717, 1.165) is 0 Å². The largest absolute Gasteiger partial charge is 0.493 e. The van der Waals surface area contributed by atoms with Gasteiger partial charge in [-0.3, -0.25) is 4.79 Å². The molecule has 0 aromatic heterocycles. The zero-order chi connectivity index (χ0) is 17.1. The van der Waals surface area contributed by atoms with Gasteiger partial charge in [0.25, 0.3) is 5.91 Å². The first-order valence-corrected chi connectivity index (χ1v) is 7.34. The molecule has 2 rings (SSSR count). The molecule has 8 heteroatoms. The summed E-state index contributed by atoms with van der Waals surface area (Å²) in [5.41, 5.74) is 0.205. The molecule has 0 radical (unpaired) electrons. The van der Waals surface area contributed by atoms with Crippen molar-refractivity contribution in [1.82, 2.24) is 0 Å². The predicted octanol–water partition coefficient (Wildman–Crippen LogP) is 4.61. The van der Waals surface area contributed by atoms with E-state index >= 15 is 0 Å². The highest BCUT2D eigenvalue weighted by Crippen LogP contribution is 2.35. The number of benzene rings is 2. The average molecular weight is 375 g/mol. The van der Waals surface area contributed by atoms with Gasteiger partial charge in [-0.1, -0.05) is 34.8 Å². The second-order valence-electron chi connectivity index (χ2n) is 4.42. The van der Waals surface area contributed by atoms with Crippen molar-refractivity contribution in [3.63, 3.8) is 0 Å². The molecule has 1 amide bonds. The minimum Gasteiger partial charge on any atom is -0.493 e. The van der Waals surface area contributed by atoms with Crippen LogP contribution in [-0.2, 0) is 0 Å². The molecule has 0 atom stereocenters. The van der Waals surface area contributed by atoms with Crippen molar-refractivity contribution < 1.29 is 19.4 Å². The first-order valence-electron chi connectivity index (χ1n) is 6.20. The molecule has 0 heterocycles. The molecule has 0 aliphatic carbocycles. The summed E-state index contributed by atoms with van der Waals surface area (Å²) in [6.07, 6.45) is 0. The van der Waals surface area contributed by atoms with Crippen molar-refractivity contribution >= 4 is 52.4 Å². The van der Waals surface area contributed by atoms with Crippen LogP contribution in [-0.4, -0.2) is 24.1 Å². The molecule has 2 N–H and O–H groups in total. The standard InChI is InChI=1S/C15H10Cl3NO4/c1-23-13-11(18)4-7(15(21)22)5-12(13)19-14(20)9-3-2-8(16)6-10(9)17/h2-6H,1H3,(H,19,20)(H,21,22). The lowest BCUT2D eigenvalue weighted by Gasteiger charge is -2.13. The Labute approximate surface area is 146 Å². The number of ether oxygens (including phenoxy) is 1. The van der Waals surface area contributed by atoms with Crippen molar-refractivity contribution in [3.05, 3.63) is 56.5 Å². The molecular formula is C15H10Cl3NO4. The van der Waals surface area contributed by atoms with Crippen LogP contribution < -0.4 is 10.1 Å². The predicted molar refractivity (Wildman–Crippen MR) is 89.4 cm³/mol. The number of hydrogen-bond donors (Lipinski definition) is 2. The third-order valence-corrected chi connectivity index (χ3v) is 3.75. The van der Waals surface area contributed by atoms with Crippen molar-refractivity contribution in [2.45, 2.75) is 0 Å². The van der Waals surface area contributed by atoms with E-state index in [4.69, 9.17) is 44.6 Å². The van der Waals surface area contributed by atoms with Crippen LogP contribution in [0.15, 0.2) is 30.3 Å². The van der Waals surface area contributed by atoms with Crippen LogP contribution in [0, 0.1) is 0 Å². The summed E-state index contributed by atoms with van der Waals surface area (Å²) in [6.45, 7) is 0. The number of rotatable bonds is 4. The fourth-order valence-corrected chi connectivity index (χ4v) is 2.67. The normalized spacial score (nSPS) is 10.3. The quantitative estimate of drug-likeness (QED) is 0.819. The highest BCUT2D eigenvalue weighted by molar-refractivity contribution is 6.37. The van der Waals surface area contributed by atoms with Gasteiger partial charge in [-0.2, -0.15) is 0 Å². The Hall–Kier alpha value is -1.95. The van der Waals surface area contributed by atoms with Gasteiger partial charge in [-0.15, -0.1) is 0 Å². The molecule has 120 valence electrons. The molecule has 0 aliphatic rings. The molecule has 0 unspecified atom stereocenters. The maximum Gasteiger partial charge on any atom is 0.335 e. The smallest absolute Gasteiger partial charge is 0.335 e. The third kappa shape index (κ3) is 3.88. The molecule has 0 aliphatic heterocycles. The highest BCUT2D eigenvalue weighted by atomic mass is 35.5. The van der Waals surface area contributed by atoms with Crippen molar-refractivity contribution in [2.24, 2.45) is 0 Å². The number of methoxy groups -OCH3 is 1. The Bertz CT molecular complexity index is 793. The molecule has 0 bridgehead atoms. The van der Waals surface area contributed by atoms with Gasteiger partial charge in [0.05, 0.1) is 34.0 Å². The number of amides is 1. The molecule has 0 saturated carbocycles. The topological polar surface area (TPSA) is 75.6 Å². The van der Waals surface area contributed by atoms with Gasteiger partial charge in [0.2, 0.25) is 0 Å². The van der Waals surface area contributed by atoms with Crippen molar-refractivity contribution in [3.8, 4) is 5.75 Å². The maximum absolute atomic E-state index is 12.3. The van der Waals surface area contributed by atoms with Gasteiger partial charge in [0.15, 0.2) is 5.75 Å². The fraction of sp³-hybridized carbons (Fsp3) is 0.0667. The van der Waals surface area contributed by atoms with Crippen LogP contribution in [0.3, 0.4) is 0 Å². The Morgan fingerprint density at radius 3 is 2.35 bits per heavy atom. The number of carboxylic acids is 1. The number of halogens is 3. The minimum atomic E-state index is -1.19. The van der Waals surface area contributed by atoms with Crippen molar-refractivity contribution in [2.75, 3.05) is 12.4 Å². The van der Waals surface area contributed by atoms with Gasteiger partial charge in [-0.05, 0) is 30.3 Å². The van der Waals surface area contributed by atoms with E-state index < -0.39 is 11.9 Å². The zero-order valence-electron chi connectivity index (χ0n) is 11.7. The molecule has 0 saturated heterocycles.